The molecule has 22 heavy (non-hydrogen) atoms. The van der Waals surface area contributed by atoms with Gasteiger partial charge in [0, 0.05) is 31.6 Å². The standard InChI is InChI=1S/C14H13ClN4O3/c15-11-5-9(6-18-13(11)20)14(21)19-4-1-10(8-19)22-12-7-16-2-3-17-12/h2-3,5-7,10H,1,4,8H2,(H,18,20). The SMILES string of the molecule is O=C(c1c[nH]c(=O)c(Cl)c1)N1CCC(Oc2cnccn2)C1. The maximum atomic E-state index is 12.4. The van der Waals surface area contributed by atoms with Gasteiger partial charge in [0.2, 0.25) is 5.88 Å². The van der Waals surface area contributed by atoms with Gasteiger partial charge in [0.05, 0.1) is 18.3 Å². The van der Waals surface area contributed by atoms with Gasteiger partial charge in [-0.2, -0.15) is 0 Å². The van der Waals surface area contributed by atoms with E-state index >= 15 is 0 Å². The average Bonchev–Trinajstić information content (AvgIpc) is 2.99. The van der Waals surface area contributed by atoms with Crippen LogP contribution in [0.2, 0.25) is 5.02 Å². The van der Waals surface area contributed by atoms with Crippen LogP contribution in [0.15, 0.2) is 35.6 Å². The number of aromatic amines is 1. The van der Waals surface area contributed by atoms with Crippen LogP contribution in [0.5, 0.6) is 5.88 Å². The van der Waals surface area contributed by atoms with Gasteiger partial charge in [-0.15, -0.1) is 0 Å². The minimum atomic E-state index is -0.413. The fourth-order valence-corrected chi connectivity index (χ4v) is 2.46. The van der Waals surface area contributed by atoms with Crippen molar-refractivity contribution in [3.63, 3.8) is 0 Å². The zero-order chi connectivity index (χ0) is 15.5. The maximum absolute atomic E-state index is 12.4. The molecule has 3 rings (SSSR count). The van der Waals surface area contributed by atoms with Crippen LogP contribution in [-0.4, -0.2) is 45.0 Å². The molecule has 0 radical (unpaired) electrons. The number of rotatable bonds is 3. The summed E-state index contributed by atoms with van der Waals surface area (Å²) in [6.07, 6.45) is 6.60. The molecule has 2 aromatic heterocycles. The number of carbonyl (C=O) groups is 1. The predicted octanol–water partition coefficient (Wildman–Crippen LogP) is 1.11. The van der Waals surface area contributed by atoms with Crippen molar-refractivity contribution in [3.05, 3.63) is 51.8 Å². The van der Waals surface area contributed by atoms with E-state index < -0.39 is 5.56 Å². The molecular weight excluding hydrogens is 308 g/mol. The Labute approximate surface area is 130 Å². The topological polar surface area (TPSA) is 88.2 Å². The van der Waals surface area contributed by atoms with Crippen LogP contribution in [0, 0.1) is 0 Å². The highest BCUT2D eigenvalue weighted by Gasteiger charge is 2.28. The summed E-state index contributed by atoms with van der Waals surface area (Å²) in [4.78, 5) is 35.7. The van der Waals surface area contributed by atoms with E-state index in [1.54, 1.807) is 17.3 Å². The fourth-order valence-electron chi connectivity index (χ4n) is 2.29. The van der Waals surface area contributed by atoms with Crippen molar-refractivity contribution in [2.75, 3.05) is 13.1 Å². The molecule has 2 aromatic rings. The number of likely N-dealkylation sites (tertiary alicyclic amines) is 1. The second kappa shape index (κ2) is 6.15. The van der Waals surface area contributed by atoms with Gasteiger partial charge in [0.15, 0.2) is 0 Å². The Morgan fingerprint density at radius 2 is 2.32 bits per heavy atom. The number of pyridine rings is 1. The molecule has 1 fully saturated rings. The summed E-state index contributed by atoms with van der Waals surface area (Å²) in [5.74, 6) is 0.247. The van der Waals surface area contributed by atoms with Crippen molar-refractivity contribution in [2.24, 2.45) is 0 Å². The minimum absolute atomic E-state index is 0.00240. The first-order chi connectivity index (χ1) is 10.6. The Morgan fingerprint density at radius 1 is 1.45 bits per heavy atom. The summed E-state index contributed by atoms with van der Waals surface area (Å²) in [6, 6.07) is 1.37. The van der Waals surface area contributed by atoms with E-state index in [0.717, 1.165) is 0 Å². The fraction of sp³-hybridized carbons (Fsp3) is 0.286. The van der Waals surface area contributed by atoms with Crippen molar-refractivity contribution >= 4 is 17.5 Å². The van der Waals surface area contributed by atoms with E-state index in [1.807, 2.05) is 0 Å². The second-order valence-corrected chi connectivity index (χ2v) is 5.30. The molecule has 7 nitrogen and oxygen atoms in total. The van der Waals surface area contributed by atoms with E-state index in [9.17, 15) is 9.59 Å². The molecule has 0 saturated carbocycles. The molecular formula is C14H13ClN4O3. The summed E-state index contributed by atoms with van der Waals surface area (Å²) in [5.41, 5.74) is -0.0618. The van der Waals surface area contributed by atoms with Crippen molar-refractivity contribution in [2.45, 2.75) is 12.5 Å². The average molecular weight is 321 g/mol. The minimum Gasteiger partial charge on any atom is -0.471 e. The van der Waals surface area contributed by atoms with Gasteiger partial charge in [-0.3, -0.25) is 14.6 Å². The summed E-state index contributed by atoms with van der Waals surface area (Å²) in [6.45, 7) is 1.02. The van der Waals surface area contributed by atoms with E-state index in [4.69, 9.17) is 16.3 Å². The number of hydrogen-bond donors (Lipinski definition) is 1. The molecule has 1 N–H and O–H groups in total. The third-order valence-electron chi connectivity index (χ3n) is 3.36. The summed E-state index contributed by atoms with van der Waals surface area (Å²) < 4.78 is 5.68. The second-order valence-electron chi connectivity index (χ2n) is 4.89. The number of nitrogens with zero attached hydrogens (tertiary/aromatic N) is 3. The van der Waals surface area contributed by atoms with E-state index in [-0.39, 0.29) is 17.0 Å². The molecule has 1 aliphatic rings. The molecule has 0 aliphatic carbocycles. The third-order valence-corrected chi connectivity index (χ3v) is 3.64. The number of amides is 1. The number of carbonyl (C=O) groups excluding carboxylic acids is 1. The molecule has 0 spiro atoms. The Balaban J connectivity index is 1.65. The molecule has 1 unspecified atom stereocenters. The summed E-state index contributed by atoms with van der Waals surface area (Å²) in [5, 5.41) is -0.00240. The highest BCUT2D eigenvalue weighted by Crippen LogP contribution is 2.18. The Morgan fingerprint density at radius 3 is 3.05 bits per heavy atom. The first kappa shape index (κ1) is 14.5. The van der Waals surface area contributed by atoms with Crippen LogP contribution in [0.3, 0.4) is 0 Å². The van der Waals surface area contributed by atoms with Crippen molar-refractivity contribution in [1.29, 1.82) is 0 Å². The third kappa shape index (κ3) is 3.09. The molecule has 0 bridgehead atoms. The van der Waals surface area contributed by atoms with Crippen molar-refractivity contribution in [1.82, 2.24) is 19.9 Å². The highest BCUT2D eigenvalue weighted by atomic mass is 35.5. The molecule has 1 aliphatic heterocycles. The lowest BCUT2D eigenvalue weighted by molar-refractivity contribution is 0.0770. The van der Waals surface area contributed by atoms with Gasteiger partial charge >= 0.3 is 0 Å². The number of ether oxygens (including phenoxy) is 1. The predicted molar refractivity (Wildman–Crippen MR) is 79.0 cm³/mol. The van der Waals surface area contributed by atoms with Crippen LogP contribution < -0.4 is 10.3 Å². The monoisotopic (exact) mass is 320 g/mol. The first-order valence-corrected chi connectivity index (χ1v) is 7.11. The zero-order valence-corrected chi connectivity index (χ0v) is 12.3. The quantitative estimate of drug-likeness (QED) is 0.915. The maximum Gasteiger partial charge on any atom is 0.266 e. The molecule has 1 saturated heterocycles. The normalized spacial score (nSPS) is 17.5. The largest absolute Gasteiger partial charge is 0.471 e. The Hall–Kier alpha value is -2.41. The van der Waals surface area contributed by atoms with Gasteiger partial charge in [-0.1, -0.05) is 11.6 Å². The lowest BCUT2D eigenvalue weighted by Crippen LogP contribution is -2.31. The van der Waals surface area contributed by atoms with Crippen LogP contribution in [0.25, 0.3) is 0 Å². The van der Waals surface area contributed by atoms with Crippen molar-refractivity contribution in [3.8, 4) is 5.88 Å². The van der Waals surface area contributed by atoms with E-state index in [2.05, 4.69) is 15.0 Å². The van der Waals surface area contributed by atoms with Gasteiger partial charge in [0.1, 0.15) is 11.1 Å². The molecule has 114 valence electrons. The molecule has 3 heterocycles. The smallest absolute Gasteiger partial charge is 0.266 e. The Bertz CT molecular complexity index is 734. The van der Waals surface area contributed by atoms with Gasteiger partial charge in [0.25, 0.3) is 11.5 Å². The van der Waals surface area contributed by atoms with Crippen LogP contribution >= 0.6 is 11.6 Å². The summed E-state index contributed by atoms with van der Waals surface area (Å²) in [7, 11) is 0. The highest BCUT2D eigenvalue weighted by molar-refractivity contribution is 6.30. The lowest BCUT2D eigenvalue weighted by Gasteiger charge is -2.16. The van der Waals surface area contributed by atoms with Crippen LogP contribution in [-0.2, 0) is 0 Å². The summed E-state index contributed by atoms with van der Waals surface area (Å²) >= 11 is 5.75. The Kier molecular flexibility index (Phi) is 4.06. The number of halogens is 1. The first-order valence-electron chi connectivity index (χ1n) is 6.73. The zero-order valence-electron chi connectivity index (χ0n) is 11.5. The number of H-pyrrole nitrogens is 1. The molecule has 1 amide bonds. The van der Waals surface area contributed by atoms with Gasteiger partial charge < -0.3 is 14.6 Å². The van der Waals surface area contributed by atoms with E-state index in [1.165, 1.54) is 18.5 Å². The van der Waals surface area contributed by atoms with Gasteiger partial charge in [-0.25, -0.2) is 4.98 Å². The molecule has 1 atom stereocenters. The van der Waals surface area contributed by atoms with Crippen LogP contribution in [0.4, 0.5) is 0 Å². The number of hydrogen-bond acceptors (Lipinski definition) is 5. The van der Waals surface area contributed by atoms with Crippen LogP contribution in [0.1, 0.15) is 16.8 Å². The van der Waals surface area contributed by atoms with E-state index in [0.29, 0.717) is 31.0 Å². The lowest BCUT2D eigenvalue weighted by atomic mass is 10.2. The number of nitrogens with one attached hydrogen (secondary N) is 1. The van der Waals surface area contributed by atoms with Gasteiger partial charge in [-0.05, 0) is 6.07 Å². The van der Waals surface area contributed by atoms with Crippen molar-refractivity contribution < 1.29 is 9.53 Å². The molecule has 8 heteroatoms. The molecule has 0 aromatic carbocycles. The number of aromatic nitrogens is 3.